The lowest BCUT2D eigenvalue weighted by molar-refractivity contribution is 0.136. The van der Waals surface area contributed by atoms with Gasteiger partial charge in [0.05, 0.1) is 11.5 Å². The zero-order valence-corrected chi connectivity index (χ0v) is 12.1. The first-order chi connectivity index (χ1) is 9.36. The SMILES string of the molecule is C=C(O)CC1C(/C=C(/N)CC)C2=CC(O)=C(N)C(C)[C@@H]21. The van der Waals surface area contributed by atoms with Crippen LogP contribution in [0, 0.1) is 23.7 Å². The van der Waals surface area contributed by atoms with Gasteiger partial charge in [0.1, 0.15) is 5.76 Å². The van der Waals surface area contributed by atoms with E-state index in [1.807, 2.05) is 19.9 Å². The Labute approximate surface area is 120 Å². The summed E-state index contributed by atoms with van der Waals surface area (Å²) in [6, 6.07) is 0. The summed E-state index contributed by atoms with van der Waals surface area (Å²) in [4.78, 5) is 0. The van der Waals surface area contributed by atoms with E-state index in [1.54, 1.807) is 6.08 Å². The number of aliphatic hydroxyl groups excluding tert-OH is 2. The zero-order valence-electron chi connectivity index (χ0n) is 12.1. The minimum absolute atomic E-state index is 0.0758. The van der Waals surface area contributed by atoms with Crippen molar-refractivity contribution in [2.75, 3.05) is 0 Å². The maximum Gasteiger partial charge on any atom is 0.134 e. The standard InChI is InChI=1S/C16H24N2O2/c1-4-10(17)6-11-12(5-8(2)19)15-9(3)16(18)14(20)7-13(11)15/h6-7,9,11-12,15,19-20H,2,4-5,17-18H2,1,3H3/b10-6+/t9?,11?,12?,15-/m1/s1. The smallest absolute Gasteiger partial charge is 0.134 e. The molecule has 6 N–H and O–H groups in total. The van der Waals surface area contributed by atoms with Crippen molar-refractivity contribution in [3.63, 3.8) is 0 Å². The summed E-state index contributed by atoms with van der Waals surface area (Å²) in [7, 11) is 0. The van der Waals surface area contributed by atoms with E-state index in [0.717, 1.165) is 17.7 Å². The zero-order chi connectivity index (χ0) is 15.0. The van der Waals surface area contributed by atoms with Crippen molar-refractivity contribution in [3.8, 4) is 0 Å². The van der Waals surface area contributed by atoms with E-state index in [-0.39, 0.29) is 35.2 Å². The number of allylic oxidation sites excluding steroid dienone is 6. The van der Waals surface area contributed by atoms with Crippen molar-refractivity contribution in [3.05, 3.63) is 47.2 Å². The van der Waals surface area contributed by atoms with Gasteiger partial charge in [0.25, 0.3) is 0 Å². The minimum Gasteiger partial charge on any atom is -0.513 e. The maximum atomic E-state index is 9.91. The van der Waals surface area contributed by atoms with E-state index < -0.39 is 0 Å². The number of aliphatic hydroxyl groups is 2. The summed E-state index contributed by atoms with van der Waals surface area (Å²) >= 11 is 0. The van der Waals surface area contributed by atoms with Crippen LogP contribution < -0.4 is 11.5 Å². The Morgan fingerprint density at radius 1 is 1.50 bits per heavy atom. The molecular weight excluding hydrogens is 252 g/mol. The van der Waals surface area contributed by atoms with E-state index in [0.29, 0.717) is 12.1 Å². The molecule has 4 nitrogen and oxygen atoms in total. The summed E-state index contributed by atoms with van der Waals surface area (Å²) in [6.07, 6.45) is 5.14. The van der Waals surface area contributed by atoms with Gasteiger partial charge in [-0.2, -0.15) is 0 Å². The van der Waals surface area contributed by atoms with Gasteiger partial charge in [-0.3, -0.25) is 0 Å². The summed E-state index contributed by atoms with van der Waals surface area (Å²) in [6.45, 7) is 7.62. The van der Waals surface area contributed by atoms with E-state index in [9.17, 15) is 10.2 Å². The molecule has 1 fully saturated rings. The highest BCUT2D eigenvalue weighted by Gasteiger charge is 2.49. The maximum absolute atomic E-state index is 9.91. The molecule has 0 amide bonds. The second kappa shape index (κ2) is 5.27. The molecule has 0 aliphatic heterocycles. The van der Waals surface area contributed by atoms with E-state index in [1.165, 1.54) is 0 Å². The van der Waals surface area contributed by atoms with Gasteiger partial charge >= 0.3 is 0 Å². The van der Waals surface area contributed by atoms with Gasteiger partial charge in [0.2, 0.25) is 0 Å². The molecule has 1 saturated carbocycles. The number of hydrogen-bond acceptors (Lipinski definition) is 4. The molecule has 2 rings (SSSR count). The molecule has 2 aliphatic rings. The number of fused-ring (bicyclic) bond motifs is 1. The Balaban J connectivity index is 2.34. The first kappa shape index (κ1) is 14.6. The Hall–Kier alpha value is -1.84. The number of nitrogens with two attached hydrogens (primary N) is 2. The molecule has 0 heterocycles. The monoisotopic (exact) mass is 276 g/mol. The molecule has 0 spiro atoms. The predicted octanol–water partition coefficient (Wildman–Crippen LogP) is 2.87. The van der Waals surface area contributed by atoms with Gasteiger partial charge in [0, 0.05) is 24.0 Å². The lowest BCUT2D eigenvalue weighted by atomic mass is 9.53. The van der Waals surface area contributed by atoms with Crippen molar-refractivity contribution in [1.82, 2.24) is 0 Å². The average Bonchev–Trinajstić information content (AvgIpc) is 2.39. The first-order valence-electron chi connectivity index (χ1n) is 7.09. The normalized spacial score (nSPS) is 33.3. The molecule has 0 aromatic carbocycles. The fourth-order valence-electron chi connectivity index (χ4n) is 3.44. The van der Waals surface area contributed by atoms with Gasteiger partial charge in [0.15, 0.2) is 0 Å². The predicted molar refractivity (Wildman–Crippen MR) is 80.5 cm³/mol. The molecule has 0 bridgehead atoms. The summed E-state index contributed by atoms with van der Waals surface area (Å²) in [5.74, 6) is 1.07. The van der Waals surface area contributed by atoms with Crippen LogP contribution in [0.1, 0.15) is 26.7 Å². The van der Waals surface area contributed by atoms with Crippen molar-refractivity contribution < 1.29 is 10.2 Å². The van der Waals surface area contributed by atoms with Crippen LogP contribution >= 0.6 is 0 Å². The molecule has 20 heavy (non-hydrogen) atoms. The topological polar surface area (TPSA) is 92.5 Å². The summed E-state index contributed by atoms with van der Waals surface area (Å²) in [5, 5.41) is 19.4. The summed E-state index contributed by atoms with van der Waals surface area (Å²) < 4.78 is 0. The Morgan fingerprint density at radius 3 is 2.70 bits per heavy atom. The molecule has 3 unspecified atom stereocenters. The van der Waals surface area contributed by atoms with Crippen LogP contribution in [0.3, 0.4) is 0 Å². The second-order valence-corrected chi connectivity index (χ2v) is 5.85. The fraction of sp³-hybridized carbons (Fsp3) is 0.500. The summed E-state index contributed by atoms with van der Waals surface area (Å²) in [5.41, 5.74) is 14.4. The average molecular weight is 276 g/mol. The van der Waals surface area contributed by atoms with Crippen LogP contribution in [0.2, 0.25) is 0 Å². The largest absolute Gasteiger partial charge is 0.513 e. The van der Waals surface area contributed by atoms with Crippen LogP contribution in [0.15, 0.2) is 47.2 Å². The first-order valence-corrected chi connectivity index (χ1v) is 7.09. The quantitative estimate of drug-likeness (QED) is 0.594. The highest BCUT2D eigenvalue weighted by Crippen LogP contribution is 2.56. The van der Waals surface area contributed by atoms with Crippen LogP contribution in [0.25, 0.3) is 0 Å². The molecule has 0 saturated heterocycles. The number of hydrogen-bond donors (Lipinski definition) is 4. The number of rotatable bonds is 4. The van der Waals surface area contributed by atoms with Crippen molar-refractivity contribution in [1.29, 1.82) is 0 Å². The Kier molecular flexibility index (Phi) is 3.84. The van der Waals surface area contributed by atoms with E-state index in [2.05, 4.69) is 6.58 Å². The lowest BCUT2D eigenvalue weighted by Crippen LogP contribution is -2.46. The molecule has 2 aliphatic carbocycles. The third-order valence-corrected chi connectivity index (χ3v) is 4.59. The van der Waals surface area contributed by atoms with Crippen molar-refractivity contribution in [2.45, 2.75) is 26.7 Å². The third kappa shape index (κ3) is 2.30. The van der Waals surface area contributed by atoms with Crippen LogP contribution in [-0.4, -0.2) is 10.2 Å². The van der Waals surface area contributed by atoms with Crippen molar-refractivity contribution >= 4 is 0 Å². The fourth-order valence-corrected chi connectivity index (χ4v) is 3.44. The molecular formula is C16H24N2O2. The van der Waals surface area contributed by atoms with Crippen LogP contribution in [0.4, 0.5) is 0 Å². The Morgan fingerprint density at radius 2 is 2.15 bits per heavy atom. The van der Waals surface area contributed by atoms with Crippen LogP contribution in [0.5, 0.6) is 0 Å². The van der Waals surface area contributed by atoms with Gasteiger partial charge in [-0.1, -0.05) is 32.1 Å². The van der Waals surface area contributed by atoms with E-state index >= 15 is 0 Å². The second-order valence-electron chi connectivity index (χ2n) is 5.85. The molecule has 4 heteroatoms. The van der Waals surface area contributed by atoms with Gasteiger partial charge in [-0.25, -0.2) is 0 Å². The molecule has 4 atom stereocenters. The highest BCUT2D eigenvalue weighted by atomic mass is 16.3. The molecule has 0 aromatic rings. The van der Waals surface area contributed by atoms with Gasteiger partial charge in [-0.15, -0.1) is 0 Å². The van der Waals surface area contributed by atoms with Crippen LogP contribution in [-0.2, 0) is 0 Å². The minimum atomic E-state index is 0.0758. The Bertz CT molecular complexity index is 517. The van der Waals surface area contributed by atoms with Gasteiger partial charge in [-0.05, 0) is 24.3 Å². The lowest BCUT2D eigenvalue weighted by Gasteiger charge is -2.51. The molecule has 0 aromatic heterocycles. The van der Waals surface area contributed by atoms with E-state index in [4.69, 9.17) is 11.5 Å². The molecule has 0 radical (unpaired) electrons. The van der Waals surface area contributed by atoms with Gasteiger partial charge < -0.3 is 21.7 Å². The highest BCUT2D eigenvalue weighted by molar-refractivity contribution is 5.42. The third-order valence-electron chi connectivity index (χ3n) is 4.59. The van der Waals surface area contributed by atoms with Crippen molar-refractivity contribution in [2.24, 2.45) is 35.1 Å². The molecule has 110 valence electrons.